The van der Waals surface area contributed by atoms with Gasteiger partial charge in [-0.3, -0.25) is 4.79 Å². The number of halogens is 3. The van der Waals surface area contributed by atoms with Gasteiger partial charge >= 0.3 is 6.09 Å². The normalized spacial score (nSPS) is 15.2. The van der Waals surface area contributed by atoms with E-state index in [1.807, 2.05) is 64.7 Å². The van der Waals surface area contributed by atoms with Crippen LogP contribution in [0.2, 0.25) is 0 Å². The molecule has 0 saturated carbocycles. The van der Waals surface area contributed by atoms with Crippen LogP contribution in [0.25, 0.3) is 0 Å². The first kappa shape index (κ1) is 38.4. The Morgan fingerprint density at radius 2 is 1.87 bits per heavy atom. The van der Waals surface area contributed by atoms with Gasteiger partial charge in [-0.2, -0.15) is 0 Å². The Labute approximate surface area is 249 Å². The molecule has 1 rings (SSSR count). The number of carbonyl (C=O) groups is 2. The molecule has 0 fully saturated rings. The van der Waals surface area contributed by atoms with Gasteiger partial charge in [0.15, 0.2) is 0 Å². The van der Waals surface area contributed by atoms with E-state index >= 15 is 0 Å². The van der Waals surface area contributed by atoms with Gasteiger partial charge < -0.3 is 19.9 Å². The van der Waals surface area contributed by atoms with Crippen LogP contribution in [0.4, 0.5) is 4.79 Å². The van der Waals surface area contributed by atoms with E-state index in [0.29, 0.717) is 35.5 Å². The molecule has 218 valence electrons. The van der Waals surface area contributed by atoms with Crippen LogP contribution in [0, 0.1) is 0 Å². The van der Waals surface area contributed by atoms with Crippen LogP contribution < -0.4 is 5.32 Å². The number of hydrogen-bond acceptors (Lipinski definition) is 5. The first-order chi connectivity index (χ1) is 18.5. The first-order valence-electron chi connectivity index (χ1n) is 12.6. The summed E-state index contributed by atoms with van der Waals surface area (Å²) in [5.41, 5.74) is 3.14. The van der Waals surface area contributed by atoms with Gasteiger partial charge in [-0.15, -0.1) is 0 Å². The summed E-state index contributed by atoms with van der Waals surface area (Å²) < 4.78 is 4.74. The Hall–Kier alpha value is -2.74. The van der Waals surface area contributed by atoms with Crippen LogP contribution in [0.1, 0.15) is 41.5 Å². The number of hydrogen-bond donors (Lipinski definition) is 1. The highest BCUT2D eigenvalue weighted by molar-refractivity contribution is 6.32. The number of nitrogens with one attached hydrogen (secondary N) is 1. The third kappa shape index (κ3) is 18.2. The molecule has 39 heavy (non-hydrogen) atoms. The van der Waals surface area contributed by atoms with Crippen LogP contribution in [-0.4, -0.2) is 67.3 Å². The fourth-order valence-electron chi connectivity index (χ4n) is 2.69. The summed E-state index contributed by atoms with van der Waals surface area (Å²) in [5.74, 6) is 0.247. The molecule has 0 aromatic carbocycles. The van der Waals surface area contributed by atoms with E-state index in [0.717, 1.165) is 11.3 Å². The van der Waals surface area contributed by atoms with Crippen molar-refractivity contribution in [3.05, 3.63) is 82.2 Å². The fraction of sp³-hybridized carbons (Fsp3) is 0.414. The minimum atomic E-state index is -0.414. The molecule has 1 aliphatic rings. The molecular weight excluding hydrogens is 559 g/mol. The average molecular weight is 602 g/mol. The van der Waals surface area contributed by atoms with Gasteiger partial charge in [0.25, 0.3) is 0 Å². The Bertz CT molecular complexity index is 996. The van der Waals surface area contributed by atoms with Crippen molar-refractivity contribution in [2.24, 2.45) is 4.99 Å². The van der Waals surface area contributed by atoms with Crippen LogP contribution in [0.15, 0.2) is 87.2 Å². The Balaban J connectivity index is 0. The molecule has 0 aromatic rings. The van der Waals surface area contributed by atoms with E-state index in [4.69, 9.17) is 44.5 Å². The van der Waals surface area contributed by atoms with Gasteiger partial charge in [-0.05, 0) is 51.5 Å². The van der Waals surface area contributed by atoms with Gasteiger partial charge in [-0.25, -0.2) is 9.79 Å². The number of nitrogens with zero attached hydrogens (tertiary/aromatic N) is 3. The number of ether oxygens (including phenoxy) is 1. The number of likely N-dealkylation sites (N-methyl/N-ethyl adjacent to an activating group) is 2. The summed E-state index contributed by atoms with van der Waals surface area (Å²) in [4.78, 5) is 32.6. The number of amides is 2. The molecule has 0 heterocycles. The predicted molar refractivity (Wildman–Crippen MR) is 168 cm³/mol. The van der Waals surface area contributed by atoms with Gasteiger partial charge in [-0.1, -0.05) is 79.5 Å². The predicted octanol–water partition coefficient (Wildman–Crippen LogP) is 7.53. The molecule has 1 atom stereocenters. The molecule has 7 nitrogen and oxygen atoms in total. The quantitative estimate of drug-likeness (QED) is 0.160. The average Bonchev–Trinajstić information content (AvgIpc) is 3.12. The van der Waals surface area contributed by atoms with Crippen molar-refractivity contribution in [2.75, 3.05) is 33.8 Å². The third-order valence-corrected chi connectivity index (χ3v) is 5.54. The fourth-order valence-corrected chi connectivity index (χ4v) is 3.11. The highest BCUT2D eigenvalue weighted by atomic mass is 35.5. The number of methoxy groups -OCH3 is 1. The van der Waals surface area contributed by atoms with Crippen LogP contribution in [-0.2, 0) is 9.53 Å². The Morgan fingerprint density at radius 3 is 2.36 bits per heavy atom. The smallest absolute Gasteiger partial charge is 0.409 e. The molecule has 0 aromatic heterocycles. The number of carbonyl (C=O) groups excluding carboxylic acids is 2. The molecule has 2 amide bonds. The van der Waals surface area contributed by atoms with Crippen molar-refractivity contribution in [3.8, 4) is 0 Å². The lowest BCUT2D eigenvalue weighted by Gasteiger charge is -2.26. The zero-order chi connectivity index (χ0) is 30.4. The molecule has 10 heteroatoms. The third-order valence-electron chi connectivity index (χ3n) is 5.03. The Kier molecular flexibility index (Phi) is 22.8. The monoisotopic (exact) mass is 600 g/mol. The van der Waals surface area contributed by atoms with Crippen molar-refractivity contribution >= 4 is 52.5 Å². The van der Waals surface area contributed by atoms with Crippen LogP contribution in [0.3, 0.4) is 0 Å². The number of allylic oxidation sites excluding steroid dienone is 8. The first-order valence-corrected chi connectivity index (χ1v) is 13.8. The molecule has 0 saturated heterocycles. The van der Waals surface area contributed by atoms with Crippen LogP contribution >= 0.6 is 34.8 Å². The SMILES string of the molecule is C/C=C(C)/C(C)=N/C(=C\C(=O)NC1C=CC=C(Cl)C=C1)N(CC)CCN(C)C(=O)OC.C=C(Cl)/C=C/Cl.CC. The maximum absolute atomic E-state index is 12.7. The molecular formula is C29H43Cl3N4O3. The maximum Gasteiger partial charge on any atom is 0.409 e. The van der Waals surface area contributed by atoms with E-state index in [2.05, 4.69) is 11.9 Å². The molecule has 0 spiro atoms. The molecule has 1 aliphatic carbocycles. The zero-order valence-electron chi connectivity index (χ0n) is 24.3. The summed E-state index contributed by atoms with van der Waals surface area (Å²) >= 11 is 16.3. The second-order valence-corrected chi connectivity index (χ2v) is 8.89. The molecule has 0 aliphatic heterocycles. The van der Waals surface area contributed by atoms with E-state index in [9.17, 15) is 9.59 Å². The largest absolute Gasteiger partial charge is 0.453 e. The van der Waals surface area contributed by atoms with Crippen molar-refractivity contribution in [1.82, 2.24) is 15.1 Å². The van der Waals surface area contributed by atoms with E-state index in [1.165, 1.54) is 29.7 Å². The van der Waals surface area contributed by atoms with Crippen molar-refractivity contribution < 1.29 is 14.3 Å². The van der Waals surface area contributed by atoms with E-state index in [-0.39, 0.29) is 11.9 Å². The summed E-state index contributed by atoms with van der Waals surface area (Å²) in [5, 5.41) is 3.97. The Morgan fingerprint density at radius 1 is 1.23 bits per heavy atom. The molecule has 1 unspecified atom stereocenters. The highest BCUT2D eigenvalue weighted by Gasteiger charge is 2.15. The molecule has 0 radical (unpaired) electrons. The van der Waals surface area contributed by atoms with E-state index in [1.54, 1.807) is 25.3 Å². The standard InChI is InChI=1S/C23H33ClN4O3.C4H4Cl2.C2H6/c1-7-17(3)18(4)25-21(28(8-2)15-14-27(5)23(30)31-6)16-22(29)26-20-11-9-10-19(24)12-13-20;1-4(6)2-3-5;1-2/h7,9-13,16,20H,8,14-15H2,1-6H3,(H,26,29);2-3H,1H2;1-2H3/b17-7+,21-16+,25-18+;3-2+;. The summed E-state index contributed by atoms with van der Waals surface area (Å²) in [7, 11) is 3.01. The van der Waals surface area contributed by atoms with E-state index < -0.39 is 6.09 Å². The summed E-state index contributed by atoms with van der Waals surface area (Å²) in [6.07, 6.45) is 13.5. The van der Waals surface area contributed by atoms with Crippen LogP contribution in [0.5, 0.6) is 0 Å². The number of aliphatic imine (C=N–C) groups is 1. The van der Waals surface area contributed by atoms with Crippen molar-refractivity contribution in [1.29, 1.82) is 0 Å². The van der Waals surface area contributed by atoms with Crippen molar-refractivity contribution in [3.63, 3.8) is 0 Å². The minimum Gasteiger partial charge on any atom is -0.453 e. The van der Waals surface area contributed by atoms with Gasteiger partial charge in [0, 0.05) is 54.1 Å². The highest BCUT2D eigenvalue weighted by Crippen LogP contribution is 2.12. The molecule has 1 N–H and O–H groups in total. The lowest BCUT2D eigenvalue weighted by molar-refractivity contribution is -0.116. The molecule has 0 bridgehead atoms. The summed E-state index contributed by atoms with van der Waals surface area (Å²) in [6.45, 7) is 16.7. The minimum absolute atomic E-state index is 0.276. The van der Waals surface area contributed by atoms with Gasteiger partial charge in [0.05, 0.1) is 13.2 Å². The zero-order valence-corrected chi connectivity index (χ0v) is 26.6. The lowest BCUT2D eigenvalue weighted by Crippen LogP contribution is -2.37. The second-order valence-electron chi connectivity index (χ2n) is 7.71. The topological polar surface area (TPSA) is 74.2 Å². The van der Waals surface area contributed by atoms with Gasteiger partial charge in [0.1, 0.15) is 5.82 Å². The van der Waals surface area contributed by atoms with Gasteiger partial charge in [0.2, 0.25) is 5.91 Å². The maximum atomic E-state index is 12.7. The lowest BCUT2D eigenvalue weighted by atomic mass is 10.2. The number of rotatable bonds is 10. The summed E-state index contributed by atoms with van der Waals surface area (Å²) in [6, 6.07) is -0.277. The van der Waals surface area contributed by atoms with Crippen molar-refractivity contribution in [2.45, 2.75) is 47.6 Å². The second kappa shape index (κ2) is 23.2.